The molecular formula is C18H19N3O3S2. The molecule has 0 N–H and O–H groups in total. The van der Waals surface area contributed by atoms with Crippen LogP contribution in [0.1, 0.15) is 13.8 Å². The summed E-state index contributed by atoms with van der Waals surface area (Å²) in [5.41, 5.74) is 0.902. The Labute approximate surface area is 160 Å². The minimum absolute atomic E-state index is 0.135. The molecule has 0 amide bonds. The van der Waals surface area contributed by atoms with Crippen LogP contribution >= 0.6 is 23.1 Å². The molecule has 0 unspecified atom stereocenters. The number of hydrogen-bond donors (Lipinski definition) is 0. The minimum atomic E-state index is -0.271. The normalized spacial score (nSPS) is 10.9. The van der Waals surface area contributed by atoms with Gasteiger partial charge in [0.05, 0.1) is 29.5 Å². The van der Waals surface area contributed by atoms with Crippen LogP contribution in [0.25, 0.3) is 16.4 Å². The summed E-state index contributed by atoms with van der Waals surface area (Å²) in [4.78, 5) is 12.9. The van der Waals surface area contributed by atoms with Crippen molar-refractivity contribution in [1.82, 2.24) is 14.8 Å². The number of rotatable bonds is 7. The van der Waals surface area contributed by atoms with Crippen molar-refractivity contribution in [2.45, 2.75) is 25.1 Å². The second-order valence-electron chi connectivity index (χ2n) is 5.64. The zero-order valence-electron chi connectivity index (χ0n) is 14.7. The van der Waals surface area contributed by atoms with Gasteiger partial charge in [0.25, 0.3) is 0 Å². The van der Waals surface area contributed by atoms with Crippen LogP contribution < -0.4 is 4.74 Å². The minimum Gasteiger partial charge on any atom is -0.497 e. The Morgan fingerprint density at radius 1 is 1.23 bits per heavy atom. The van der Waals surface area contributed by atoms with E-state index in [0.29, 0.717) is 5.16 Å². The summed E-state index contributed by atoms with van der Waals surface area (Å²) in [6, 6.07) is 11.6. The van der Waals surface area contributed by atoms with Crippen LogP contribution in [-0.4, -0.2) is 39.7 Å². The molecule has 1 aromatic carbocycles. The lowest BCUT2D eigenvalue weighted by atomic mass is 10.3. The predicted molar refractivity (Wildman–Crippen MR) is 103 cm³/mol. The molecule has 0 aliphatic carbocycles. The Morgan fingerprint density at radius 3 is 2.62 bits per heavy atom. The van der Waals surface area contributed by atoms with E-state index in [9.17, 15) is 4.79 Å². The Morgan fingerprint density at radius 2 is 2.00 bits per heavy atom. The molecule has 2 heterocycles. The van der Waals surface area contributed by atoms with Crippen molar-refractivity contribution in [3.8, 4) is 22.1 Å². The third-order valence-corrected chi connectivity index (χ3v) is 5.16. The maximum absolute atomic E-state index is 11.9. The van der Waals surface area contributed by atoms with Gasteiger partial charge in [-0.05, 0) is 49.6 Å². The fourth-order valence-corrected chi connectivity index (χ4v) is 3.75. The lowest BCUT2D eigenvalue weighted by Crippen LogP contribution is -2.13. The molecule has 136 valence electrons. The molecule has 0 saturated heterocycles. The summed E-state index contributed by atoms with van der Waals surface area (Å²) in [5.74, 6) is 1.42. The predicted octanol–water partition coefficient (Wildman–Crippen LogP) is 4.05. The van der Waals surface area contributed by atoms with E-state index in [-0.39, 0.29) is 17.8 Å². The molecule has 0 saturated carbocycles. The number of ether oxygens (including phenoxy) is 2. The van der Waals surface area contributed by atoms with Crippen LogP contribution in [0.3, 0.4) is 0 Å². The zero-order valence-corrected chi connectivity index (χ0v) is 16.3. The van der Waals surface area contributed by atoms with Gasteiger partial charge in [0, 0.05) is 0 Å². The molecule has 0 aliphatic rings. The zero-order chi connectivity index (χ0) is 18.5. The topological polar surface area (TPSA) is 66.2 Å². The smallest absolute Gasteiger partial charge is 0.316 e. The first kappa shape index (κ1) is 18.5. The average molecular weight is 390 g/mol. The van der Waals surface area contributed by atoms with Gasteiger partial charge in [-0.3, -0.25) is 9.36 Å². The molecule has 3 rings (SSSR count). The van der Waals surface area contributed by atoms with Gasteiger partial charge in [0.2, 0.25) is 0 Å². The van der Waals surface area contributed by atoms with Crippen LogP contribution in [0.15, 0.2) is 46.9 Å². The molecule has 0 radical (unpaired) electrons. The fourth-order valence-electron chi connectivity index (χ4n) is 2.31. The van der Waals surface area contributed by atoms with Gasteiger partial charge in [0.1, 0.15) is 5.75 Å². The van der Waals surface area contributed by atoms with E-state index in [1.807, 2.05) is 60.2 Å². The van der Waals surface area contributed by atoms with Crippen LogP contribution in [0, 0.1) is 0 Å². The summed E-state index contributed by atoms with van der Waals surface area (Å²) in [6.07, 6.45) is -0.135. The van der Waals surface area contributed by atoms with Gasteiger partial charge in [-0.15, -0.1) is 21.5 Å². The van der Waals surface area contributed by atoms with Gasteiger partial charge < -0.3 is 9.47 Å². The Balaban J connectivity index is 1.92. The molecule has 0 aliphatic heterocycles. The van der Waals surface area contributed by atoms with Crippen molar-refractivity contribution >= 4 is 29.1 Å². The number of methoxy groups -OCH3 is 1. The quantitative estimate of drug-likeness (QED) is 0.449. The van der Waals surface area contributed by atoms with E-state index >= 15 is 0 Å². The van der Waals surface area contributed by atoms with E-state index in [2.05, 4.69) is 10.2 Å². The van der Waals surface area contributed by atoms with E-state index in [1.165, 1.54) is 11.8 Å². The Bertz CT molecular complexity index is 858. The van der Waals surface area contributed by atoms with Crippen molar-refractivity contribution in [3.63, 3.8) is 0 Å². The number of carbonyl (C=O) groups is 1. The van der Waals surface area contributed by atoms with E-state index < -0.39 is 0 Å². The van der Waals surface area contributed by atoms with Crippen molar-refractivity contribution in [1.29, 1.82) is 0 Å². The fraction of sp³-hybridized carbons (Fsp3) is 0.278. The lowest BCUT2D eigenvalue weighted by molar-refractivity contribution is -0.144. The number of esters is 1. The van der Waals surface area contributed by atoms with Crippen LogP contribution in [0.5, 0.6) is 5.75 Å². The van der Waals surface area contributed by atoms with Crippen molar-refractivity contribution in [2.75, 3.05) is 12.9 Å². The average Bonchev–Trinajstić information content (AvgIpc) is 3.28. The first-order valence-electron chi connectivity index (χ1n) is 8.04. The van der Waals surface area contributed by atoms with E-state index in [0.717, 1.165) is 22.1 Å². The summed E-state index contributed by atoms with van der Waals surface area (Å²) >= 11 is 2.90. The summed E-state index contributed by atoms with van der Waals surface area (Å²) < 4.78 is 12.4. The second-order valence-corrected chi connectivity index (χ2v) is 7.53. The molecule has 0 bridgehead atoms. The maximum atomic E-state index is 11.9. The van der Waals surface area contributed by atoms with Gasteiger partial charge >= 0.3 is 5.97 Å². The molecule has 2 aromatic heterocycles. The summed E-state index contributed by atoms with van der Waals surface area (Å²) in [7, 11) is 1.63. The highest BCUT2D eigenvalue weighted by molar-refractivity contribution is 7.99. The van der Waals surface area contributed by atoms with E-state index in [4.69, 9.17) is 9.47 Å². The molecule has 0 atom stereocenters. The Hall–Kier alpha value is -2.32. The van der Waals surface area contributed by atoms with Crippen LogP contribution in [0.4, 0.5) is 0 Å². The van der Waals surface area contributed by atoms with Gasteiger partial charge in [-0.25, -0.2) is 0 Å². The van der Waals surface area contributed by atoms with Crippen molar-refractivity contribution < 1.29 is 14.3 Å². The highest BCUT2D eigenvalue weighted by Gasteiger charge is 2.18. The highest BCUT2D eigenvalue weighted by Crippen LogP contribution is 2.31. The standard InChI is InChI=1S/C18H19N3O3S2/c1-12(2)24-16(22)11-26-18-20-19-17(15-5-4-10-25-15)21(18)13-6-8-14(23-3)9-7-13/h4-10,12H,11H2,1-3H3. The molecule has 3 aromatic rings. The van der Waals surface area contributed by atoms with Crippen LogP contribution in [-0.2, 0) is 9.53 Å². The first-order valence-corrected chi connectivity index (χ1v) is 9.91. The van der Waals surface area contributed by atoms with Crippen molar-refractivity contribution in [3.05, 3.63) is 41.8 Å². The Kier molecular flexibility index (Phi) is 5.95. The summed E-state index contributed by atoms with van der Waals surface area (Å²) in [5, 5.41) is 11.3. The largest absolute Gasteiger partial charge is 0.497 e. The first-order chi connectivity index (χ1) is 12.6. The second kappa shape index (κ2) is 8.37. The van der Waals surface area contributed by atoms with Crippen LogP contribution in [0.2, 0.25) is 0 Å². The molecule has 8 heteroatoms. The number of benzene rings is 1. The van der Waals surface area contributed by atoms with Gasteiger partial charge in [0.15, 0.2) is 11.0 Å². The van der Waals surface area contributed by atoms with E-state index in [1.54, 1.807) is 18.4 Å². The summed E-state index contributed by atoms with van der Waals surface area (Å²) in [6.45, 7) is 3.66. The molecule has 0 spiro atoms. The molecule has 6 nitrogen and oxygen atoms in total. The van der Waals surface area contributed by atoms with Gasteiger partial charge in [-0.2, -0.15) is 0 Å². The maximum Gasteiger partial charge on any atom is 0.316 e. The number of hydrogen-bond acceptors (Lipinski definition) is 7. The third-order valence-electron chi connectivity index (χ3n) is 3.39. The third kappa shape index (κ3) is 4.25. The lowest BCUT2D eigenvalue weighted by Gasteiger charge is -2.11. The molecular weight excluding hydrogens is 370 g/mol. The molecule has 26 heavy (non-hydrogen) atoms. The monoisotopic (exact) mass is 389 g/mol. The number of thiophene rings is 1. The number of aromatic nitrogens is 3. The number of carbonyl (C=O) groups excluding carboxylic acids is 1. The number of thioether (sulfide) groups is 1. The van der Waals surface area contributed by atoms with Crippen molar-refractivity contribution in [2.24, 2.45) is 0 Å². The number of nitrogens with zero attached hydrogens (tertiary/aromatic N) is 3. The highest BCUT2D eigenvalue weighted by atomic mass is 32.2. The SMILES string of the molecule is COc1ccc(-n2c(SCC(=O)OC(C)C)nnc2-c2cccs2)cc1. The molecule has 0 fully saturated rings. The van der Waals surface area contributed by atoms with Gasteiger partial charge in [-0.1, -0.05) is 17.8 Å².